The van der Waals surface area contributed by atoms with E-state index in [4.69, 9.17) is 45.7 Å². The summed E-state index contributed by atoms with van der Waals surface area (Å²) >= 11 is 0. The molecule has 0 heterocycles. The van der Waals surface area contributed by atoms with Crippen molar-refractivity contribution in [1.82, 2.24) is 0 Å². The van der Waals surface area contributed by atoms with Crippen molar-refractivity contribution in [3.63, 3.8) is 0 Å². The number of hydrogen-bond acceptors (Lipinski definition) is 2. The fourth-order valence-electron chi connectivity index (χ4n) is 0. The van der Waals surface area contributed by atoms with E-state index >= 15 is 0 Å². The van der Waals surface area contributed by atoms with Gasteiger partial charge in [-0.3, -0.25) is 0 Å². The molecule has 0 saturated carbocycles. The van der Waals surface area contributed by atoms with E-state index in [1.807, 2.05) is 0 Å². The summed E-state index contributed by atoms with van der Waals surface area (Å²) in [6.45, 7) is 0. The van der Waals surface area contributed by atoms with Gasteiger partial charge in [0, 0.05) is 0 Å². The van der Waals surface area contributed by atoms with Crippen LogP contribution in [0.2, 0.25) is 0 Å². The van der Waals surface area contributed by atoms with Crippen molar-refractivity contribution in [2.45, 2.75) is 0 Å². The second-order valence-electron chi connectivity index (χ2n) is 1.47. The molecule has 4 N–H and O–H groups in total. The molecule has 0 radical (unpaired) electrons. The minimum absolute atomic E-state index is 4.87. The van der Waals surface area contributed by atoms with Crippen LogP contribution in [0.5, 0.6) is 0 Å². The zero-order valence-corrected chi connectivity index (χ0v) is 7.75. The third-order valence-corrected chi connectivity index (χ3v) is 0. The molecule has 7 heteroatoms. The van der Waals surface area contributed by atoms with Crippen molar-refractivity contribution in [2.75, 3.05) is 0 Å². The van der Waals surface area contributed by atoms with E-state index in [2.05, 4.69) is 0 Å². The topological polar surface area (TPSA) is 52.0 Å². The first kappa shape index (κ1) is 8.79. The van der Waals surface area contributed by atoms with E-state index in [1.54, 1.807) is 0 Å². The van der Waals surface area contributed by atoms with Crippen LogP contribution in [0.25, 0.3) is 0 Å². The van der Waals surface area contributed by atoms with Gasteiger partial charge in [-0.1, -0.05) is 0 Å². The maximum atomic E-state index is 5.08. The standard InChI is InChI=1S/4ClH.2H2N.Ti/h4*1H;2*1H2;/q;;;;2*-1;+6/p-4. The second-order valence-corrected chi connectivity index (χ2v) is 27.4. The molecule has 46 valence electrons. The van der Waals surface area contributed by atoms with E-state index in [1.165, 1.54) is 0 Å². The molecule has 0 atom stereocenters. The van der Waals surface area contributed by atoms with Gasteiger partial charge in [-0.05, 0) is 0 Å². The molecule has 0 aliphatic rings. The monoisotopic (exact) mass is 220 g/mol. The molecule has 0 saturated heterocycles. The van der Waals surface area contributed by atoms with Crippen LogP contribution in [0, 0.1) is 0 Å². The van der Waals surface area contributed by atoms with Gasteiger partial charge in [0.05, 0.1) is 0 Å². The van der Waals surface area contributed by atoms with E-state index in [-0.39, 0.29) is 0 Å². The van der Waals surface area contributed by atoms with E-state index in [9.17, 15) is 0 Å². The van der Waals surface area contributed by atoms with Crippen LogP contribution in [0.15, 0.2) is 0 Å². The predicted octanol–water partition coefficient (Wildman–Crippen LogP) is 1.57. The molecule has 0 aromatic heterocycles. The van der Waals surface area contributed by atoms with Crippen molar-refractivity contribution in [3.05, 3.63) is 0 Å². The van der Waals surface area contributed by atoms with E-state index < -0.39 is 10.3 Å². The molecule has 0 fully saturated rings. The van der Waals surface area contributed by atoms with Crippen molar-refractivity contribution in [2.24, 2.45) is 8.43 Å². The Kier molecular flexibility index (Phi) is 1.60. The van der Waals surface area contributed by atoms with Crippen molar-refractivity contribution >= 4 is 37.2 Å². The van der Waals surface area contributed by atoms with E-state index in [0.717, 1.165) is 0 Å². The van der Waals surface area contributed by atoms with Gasteiger partial charge in [0.15, 0.2) is 0 Å². The first-order valence-electron chi connectivity index (χ1n) is 1.33. The Morgan fingerprint density at radius 1 is 0.857 bits per heavy atom. The summed E-state index contributed by atoms with van der Waals surface area (Å²) in [7, 11) is 15.0. The van der Waals surface area contributed by atoms with Crippen molar-refractivity contribution < 1.29 is 10.3 Å². The summed E-state index contributed by atoms with van der Waals surface area (Å²) < 4.78 is 9.73. The summed E-state index contributed by atoms with van der Waals surface area (Å²) in [5.74, 6) is 0. The molecule has 0 rings (SSSR count). The van der Waals surface area contributed by atoms with Gasteiger partial charge in [-0.25, -0.2) is 0 Å². The van der Waals surface area contributed by atoms with Gasteiger partial charge < -0.3 is 0 Å². The molecular formula is H4Cl4N2Ti. The minimum atomic E-state index is -5.28. The van der Waals surface area contributed by atoms with Gasteiger partial charge in [0.25, 0.3) is 0 Å². The van der Waals surface area contributed by atoms with Crippen LogP contribution in [0.4, 0.5) is 0 Å². The quantitative estimate of drug-likeness (QED) is 0.611. The Balaban J connectivity index is 4.43. The van der Waals surface area contributed by atoms with Gasteiger partial charge in [0.2, 0.25) is 0 Å². The Morgan fingerprint density at radius 2 is 0.857 bits per heavy atom. The Morgan fingerprint density at radius 3 is 0.857 bits per heavy atom. The summed E-state index contributed by atoms with van der Waals surface area (Å²) in [6.07, 6.45) is 0. The molecule has 0 aliphatic heterocycles. The average molecular weight is 222 g/mol. The zero-order valence-electron chi connectivity index (χ0n) is 3.17. The Bertz CT molecular complexity index is 68.3. The Hall–Kier alpha value is 1.79. The van der Waals surface area contributed by atoms with Gasteiger partial charge in [-0.2, -0.15) is 0 Å². The normalized spacial score (nSPS) is 23.1. The predicted molar refractivity (Wildman–Crippen MR) is 31.8 cm³/mol. The third kappa shape index (κ3) is 81.3. The first-order valence-corrected chi connectivity index (χ1v) is 11.7. The summed E-state index contributed by atoms with van der Waals surface area (Å²) in [6, 6.07) is 0. The second kappa shape index (κ2) is 1.28. The van der Waals surface area contributed by atoms with Crippen molar-refractivity contribution in [1.29, 1.82) is 0 Å². The fourth-order valence-corrected chi connectivity index (χ4v) is 0. The molecule has 7 heavy (non-hydrogen) atoms. The molecule has 0 bridgehead atoms. The summed E-state index contributed by atoms with van der Waals surface area (Å²) in [5.41, 5.74) is 0. The molecule has 0 unspecified atom stereocenters. The third-order valence-electron chi connectivity index (χ3n) is 0. The number of nitrogens with two attached hydrogens (primary N) is 2. The molecule has 0 amide bonds. The fraction of sp³-hybridized carbons (Fsp3) is 0. The molecule has 0 aromatic carbocycles. The average Bonchev–Trinajstić information content (AvgIpc) is 0.592. The number of hydrogen-bond donors (Lipinski definition) is 2. The van der Waals surface area contributed by atoms with Crippen LogP contribution >= 0.6 is 37.2 Å². The SMILES string of the molecule is [NH2][Ti]([NH2])([Cl])([Cl])([Cl])[Cl]. The van der Waals surface area contributed by atoms with Gasteiger partial charge in [-0.15, -0.1) is 0 Å². The molecule has 0 aliphatic carbocycles. The molecule has 0 spiro atoms. The zero-order chi connectivity index (χ0) is 6.41. The van der Waals surface area contributed by atoms with Crippen LogP contribution in [0.3, 0.4) is 0 Å². The van der Waals surface area contributed by atoms with E-state index in [0.29, 0.717) is 0 Å². The van der Waals surface area contributed by atoms with Gasteiger partial charge in [0.1, 0.15) is 0 Å². The summed E-state index contributed by atoms with van der Waals surface area (Å²) in [4.78, 5) is 0. The number of rotatable bonds is 0. The Labute approximate surface area is 55.6 Å². The molecule has 2 nitrogen and oxygen atoms in total. The van der Waals surface area contributed by atoms with Crippen LogP contribution in [0.1, 0.15) is 0 Å². The van der Waals surface area contributed by atoms with Crippen LogP contribution < -0.4 is 8.43 Å². The summed E-state index contributed by atoms with van der Waals surface area (Å²) in [5, 5.41) is 0. The molecule has 0 aromatic rings. The first-order chi connectivity index (χ1) is 2.45. The van der Waals surface area contributed by atoms with Crippen molar-refractivity contribution in [3.8, 4) is 0 Å². The van der Waals surface area contributed by atoms with Gasteiger partial charge >= 0.3 is 55.9 Å². The van der Waals surface area contributed by atoms with Crippen LogP contribution in [-0.2, 0) is 10.3 Å². The maximum absolute atomic E-state index is 5.28. The number of halogens is 4. The van der Waals surface area contributed by atoms with Crippen LogP contribution in [-0.4, -0.2) is 0 Å². The molecular weight excluding hydrogens is 218 g/mol.